The molecule has 0 aliphatic heterocycles. The van der Waals surface area contributed by atoms with Crippen molar-refractivity contribution in [1.82, 2.24) is 9.38 Å². The Hall–Kier alpha value is -1.81. The molecule has 18 heavy (non-hydrogen) atoms. The van der Waals surface area contributed by atoms with Crippen molar-refractivity contribution in [3.05, 3.63) is 74.7 Å². The van der Waals surface area contributed by atoms with E-state index in [1.165, 1.54) is 5.56 Å². The molecule has 0 radical (unpaired) electrons. The molecule has 2 heterocycles. The predicted molar refractivity (Wildman–Crippen MR) is 75.0 cm³/mol. The van der Waals surface area contributed by atoms with Gasteiger partial charge in [-0.2, -0.15) is 0 Å². The van der Waals surface area contributed by atoms with Crippen molar-refractivity contribution in [1.29, 1.82) is 0 Å². The Morgan fingerprint density at radius 3 is 2.72 bits per heavy atom. The van der Waals surface area contributed by atoms with Gasteiger partial charge in [-0.25, -0.2) is 0 Å². The van der Waals surface area contributed by atoms with Crippen molar-refractivity contribution in [3.63, 3.8) is 0 Å². The van der Waals surface area contributed by atoms with Gasteiger partial charge in [0.25, 0.3) is 5.56 Å². The number of benzene rings is 1. The number of halogens is 1. The third-order valence-electron chi connectivity index (χ3n) is 2.90. The monoisotopic (exact) mass is 302 g/mol. The number of fused-ring (bicyclic) bond motifs is 1. The first-order valence-electron chi connectivity index (χ1n) is 5.67. The number of hydrogen-bond acceptors (Lipinski definition) is 1. The minimum absolute atomic E-state index is 0.0119. The van der Waals surface area contributed by atoms with Crippen LogP contribution in [0.4, 0.5) is 0 Å². The van der Waals surface area contributed by atoms with Crippen LogP contribution in [0.15, 0.2) is 57.9 Å². The first-order chi connectivity index (χ1) is 8.74. The van der Waals surface area contributed by atoms with Crippen molar-refractivity contribution in [3.8, 4) is 0 Å². The van der Waals surface area contributed by atoms with Gasteiger partial charge in [-0.1, -0.05) is 40.2 Å². The van der Waals surface area contributed by atoms with E-state index in [0.29, 0.717) is 0 Å². The highest BCUT2D eigenvalue weighted by Gasteiger charge is 2.04. The summed E-state index contributed by atoms with van der Waals surface area (Å²) >= 11 is 3.53. The largest absolute Gasteiger partial charge is 0.343 e. The first kappa shape index (κ1) is 11.3. The number of rotatable bonds is 2. The van der Waals surface area contributed by atoms with Crippen LogP contribution >= 0.6 is 15.9 Å². The Morgan fingerprint density at radius 1 is 1.11 bits per heavy atom. The number of aromatic nitrogens is 2. The number of aromatic amines is 1. The summed E-state index contributed by atoms with van der Waals surface area (Å²) in [4.78, 5) is 14.9. The Balaban J connectivity index is 2.04. The van der Waals surface area contributed by atoms with Crippen LogP contribution in [0.1, 0.15) is 11.3 Å². The molecule has 0 spiro atoms. The Kier molecular flexibility index (Phi) is 2.80. The third kappa shape index (κ3) is 1.99. The molecule has 0 aliphatic carbocycles. The van der Waals surface area contributed by atoms with E-state index in [9.17, 15) is 4.79 Å². The normalized spacial score (nSPS) is 10.9. The SMILES string of the molecule is O=c1cccc2[nH]c(Cc3ccccc3Br)cn12. The number of nitrogens with zero attached hydrogens (tertiary/aromatic N) is 1. The number of hydrogen-bond donors (Lipinski definition) is 1. The van der Waals surface area contributed by atoms with Crippen LogP contribution in [-0.4, -0.2) is 9.38 Å². The van der Waals surface area contributed by atoms with E-state index in [1.807, 2.05) is 30.5 Å². The number of pyridine rings is 1. The van der Waals surface area contributed by atoms with Crippen LogP contribution in [-0.2, 0) is 6.42 Å². The zero-order chi connectivity index (χ0) is 12.5. The Bertz CT molecular complexity index is 758. The summed E-state index contributed by atoms with van der Waals surface area (Å²) in [6.07, 6.45) is 2.62. The second-order valence-electron chi connectivity index (χ2n) is 4.17. The topological polar surface area (TPSA) is 37.3 Å². The molecule has 0 fully saturated rings. The first-order valence-corrected chi connectivity index (χ1v) is 6.46. The molecule has 0 bridgehead atoms. The van der Waals surface area contributed by atoms with E-state index in [1.54, 1.807) is 16.5 Å². The molecule has 0 aliphatic rings. The van der Waals surface area contributed by atoms with Crippen molar-refractivity contribution in [2.45, 2.75) is 6.42 Å². The molecule has 0 amide bonds. The second kappa shape index (κ2) is 4.46. The summed E-state index contributed by atoms with van der Waals surface area (Å²) in [5, 5.41) is 0. The standard InChI is InChI=1S/C14H11BrN2O/c15-12-5-2-1-4-10(12)8-11-9-17-13(16-11)6-3-7-14(17)18/h1-7,9,16H,8H2. The van der Waals surface area contributed by atoms with Crippen LogP contribution in [0.25, 0.3) is 5.65 Å². The van der Waals surface area contributed by atoms with Crippen molar-refractivity contribution in [2.75, 3.05) is 0 Å². The molecule has 2 aromatic heterocycles. The second-order valence-corrected chi connectivity index (χ2v) is 5.02. The molecule has 0 saturated carbocycles. The van der Waals surface area contributed by atoms with Gasteiger partial charge in [0.1, 0.15) is 5.65 Å². The van der Waals surface area contributed by atoms with Crippen molar-refractivity contribution in [2.24, 2.45) is 0 Å². The molecule has 0 unspecified atom stereocenters. The summed E-state index contributed by atoms with van der Waals surface area (Å²) in [5.41, 5.74) is 3.02. The molecule has 3 aromatic rings. The van der Waals surface area contributed by atoms with Gasteiger partial charge in [-0.3, -0.25) is 9.20 Å². The smallest absolute Gasteiger partial charge is 0.256 e. The highest BCUT2D eigenvalue weighted by Crippen LogP contribution is 2.19. The van der Waals surface area contributed by atoms with E-state index < -0.39 is 0 Å². The fourth-order valence-corrected chi connectivity index (χ4v) is 2.45. The Morgan fingerprint density at radius 2 is 1.94 bits per heavy atom. The van der Waals surface area contributed by atoms with E-state index >= 15 is 0 Å². The fraction of sp³-hybridized carbons (Fsp3) is 0.0714. The van der Waals surface area contributed by atoms with Crippen LogP contribution in [0, 0.1) is 0 Å². The van der Waals surface area contributed by atoms with E-state index in [-0.39, 0.29) is 5.56 Å². The van der Waals surface area contributed by atoms with Gasteiger partial charge < -0.3 is 4.98 Å². The summed E-state index contributed by atoms with van der Waals surface area (Å²) in [7, 11) is 0. The average molecular weight is 303 g/mol. The highest BCUT2D eigenvalue weighted by molar-refractivity contribution is 9.10. The molecule has 4 heteroatoms. The van der Waals surface area contributed by atoms with Gasteiger partial charge in [0.2, 0.25) is 0 Å². The zero-order valence-corrected chi connectivity index (χ0v) is 11.1. The van der Waals surface area contributed by atoms with Gasteiger partial charge in [-0.05, 0) is 17.7 Å². The maximum Gasteiger partial charge on any atom is 0.256 e. The van der Waals surface area contributed by atoms with Crippen molar-refractivity contribution < 1.29 is 0 Å². The van der Waals surface area contributed by atoms with Gasteiger partial charge >= 0.3 is 0 Å². The molecular weight excluding hydrogens is 292 g/mol. The molecule has 0 atom stereocenters. The lowest BCUT2D eigenvalue weighted by Gasteiger charge is -2.01. The van der Waals surface area contributed by atoms with Crippen LogP contribution in [0.3, 0.4) is 0 Å². The van der Waals surface area contributed by atoms with Gasteiger partial charge in [0.05, 0.1) is 0 Å². The molecule has 1 aromatic carbocycles. The quantitative estimate of drug-likeness (QED) is 0.776. The van der Waals surface area contributed by atoms with Gasteiger partial charge in [0.15, 0.2) is 0 Å². The highest BCUT2D eigenvalue weighted by atomic mass is 79.9. The van der Waals surface area contributed by atoms with Gasteiger partial charge in [-0.15, -0.1) is 0 Å². The van der Waals surface area contributed by atoms with E-state index in [2.05, 4.69) is 27.0 Å². The number of H-pyrrole nitrogens is 1. The Labute approximate surface area is 112 Å². The lowest BCUT2D eigenvalue weighted by Crippen LogP contribution is -2.08. The maximum absolute atomic E-state index is 11.6. The maximum atomic E-state index is 11.6. The molecule has 90 valence electrons. The van der Waals surface area contributed by atoms with E-state index in [0.717, 1.165) is 22.2 Å². The molecule has 3 rings (SSSR count). The summed E-state index contributed by atoms with van der Waals surface area (Å²) in [5.74, 6) is 0. The average Bonchev–Trinajstić information content (AvgIpc) is 2.76. The van der Waals surface area contributed by atoms with Gasteiger partial charge in [0, 0.05) is 28.9 Å². The number of nitrogens with one attached hydrogen (secondary N) is 1. The van der Waals surface area contributed by atoms with Crippen molar-refractivity contribution >= 4 is 21.6 Å². The predicted octanol–water partition coefficient (Wildman–Crippen LogP) is 2.98. The summed E-state index contributed by atoms with van der Waals surface area (Å²) < 4.78 is 2.71. The fourth-order valence-electron chi connectivity index (χ4n) is 2.03. The van der Waals surface area contributed by atoms with E-state index in [4.69, 9.17) is 0 Å². The summed E-state index contributed by atoms with van der Waals surface area (Å²) in [6.45, 7) is 0. The molecule has 0 saturated heterocycles. The zero-order valence-electron chi connectivity index (χ0n) is 9.56. The lowest BCUT2D eigenvalue weighted by molar-refractivity contribution is 1.09. The van der Waals surface area contributed by atoms with Crippen LogP contribution in [0.2, 0.25) is 0 Å². The lowest BCUT2D eigenvalue weighted by atomic mass is 10.1. The minimum Gasteiger partial charge on any atom is -0.343 e. The third-order valence-corrected chi connectivity index (χ3v) is 3.68. The van der Waals surface area contributed by atoms with Crippen LogP contribution in [0.5, 0.6) is 0 Å². The number of imidazole rings is 1. The molecule has 3 nitrogen and oxygen atoms in total. The molecular formula is C14H11BrN2O. The molecule has 1 N–H and O–H groups in total. The minimum atomic E-state index is -0.0119. The summed E-state index contributed by atoms with van der Waals surface area (Å²) in [6, 6.07) is 13.3. The van der Waals surface area contributed by atoms with Crippen LogP contribution < -0.4 is 5.56 Å².